The molecule has 0 spiro atoms. The number of anilines is 1. The quantitative estimate of drug-likeness (QED) is 0.866. The first kappa shape index (κ1) is 14.3. The summed E-state index contributed by atoms with van der Waals surface area (Å²) in [6, 6.07) is 1.62. The van der Waals surface area contributed by atoms with Crippen LogP contribution in [0.2, 0.25) is 5.02 Å². The van der Waals surface area contributed by atoms with Crippen LogP contribution in [0.3, 0.4) is 0 Å². The van der Waals surface area contributed by atoms with Crippen LogP contribution in [0.15, 0.2) is 18.6 Å². The molecule has 0 aromatic carbocycles. The zero-order valence-corrected chi connectivity index (χ0v) is 12.0. The molecule has 20 heavy (non-hydrogen) atoms. The summed E-state index contributed by atoms with van der Waals surface area (Å²) in [5, 5.41) is 13.7. The van der Waals surface area contributed by atoms with Crippen molar-refractivity contribution in [1.29, 1.82) is 0 Å². The van der Waals surface area contributed by atoms with Gasteiger partial charge in [0.2, 0.25) is 0 Å². The van der Waals surface area contributed by atoms with Crippen molar-refractivity contribution in [3.63, 3.8) is 0 Å². The number of carbonyl (C=O) groups is 1. The number of pyridine rings is 1. The van der Waals surface area contributed by atoms with Crippen LogP contribution in [-0.2, 0) is 13.6 Å². The molecule has 0 saturated heterocycles. The van der Waals surface area contributed by atoms with Crippen LogP contribution >= 0.6 is 11.6 Å². The number of nitrogens with one attached hydrogen (secondary N) is 2. The molecule has 1 amide bonds. The van der Waals surface area contributed by atoms with Crippen LogP contribution in [0.25, 0.3) is 0 Å². The SMILES string of the molecule is CCNc1cc(C(=O)NCc2nncn2C)c(Cl)cn1. The van der Waals surface area contributed by atoms with E-state index in [1.807, 2.05) is 14.0 Å². The molecule has 0 saturated carbocycles. The van der Waals surface area contributed by atoms with Gasteiger partial charge in [0.25, 0.3) is 5.91 Å². The Morgan fingerprint density at radius 3 is 2.95 bits per heavy atom. The number of halogens is 1. The van der Waals surface area contributed by atoms with Crippen molar-refractivity contribution in [3.05, 3.63) is 35.0 Å². The fourth-order valence-electron chi connectivity index (χ4n) is 1.61. The molecule has 2 aromatic heterocycles. The highest BCUT2D eigenvalue weighted by molar-refractivity contribution is 6.33. The molecule has 0 unspecified atom stereocenters. The Hall–Kier alpha value is -2.15. The van der Waals surface area contributed by atoms with Gasteiger partial charge in [0, 0.05) is 19.8 Å². The van der Waals surface area contributed by atoms with Gasteiger partial charge in [-0.05, 0) is 13.0 Å². The van der Waals surface area contributed by atoms with E-state index in [2.05, 4.69) is 25.8 Å². The molecular weight excluding hydrogens is 280 g/mol. The Labute approximate surface area is 121 Å². The Bertz CT molecular complexity index is 612. The molecule has 0 aliphatic carbocycles. The average molecular weight is 295 g/mol. The topological polar surface area (TPSA) is 84.7 Å². The molecule has 0 atom stereocenters. The largest absolute Gasteiger partial charge is 0.370 e. The van der Waals surface area contributed by atoms with Crippen molar-refractivity contribution in [3.8, 4) is 0 Å². The fourth-order valence-corrected chi connectivity index (χ4v) is 1.80. The molecule has 8 heteroatoms. The van der Waals surface area contributed by atoms with Gasteiger partial charge in [-0.2, -0.15) is 0 Å². The molecule has 106 valence electrons. The molecule has 7 nitrogen and oxygen atoms in total. The zero-order valence-electron chi connectivity index (χ0n) is 11.2. The predicted molar refractivity (Wildman–Crippen MR) is 75.6 cm³/mol. The maximum atomic E-state index is 12.1. The van der Waals surface area contributed by atoms with Crippen molar-refractivity contribution in [2.45, 2.75) is 13.5 Å². The second-order valence-corrected chi connectivity index (χ2v) is 4.53. The highest BCUT2D eigenvalue weighted by Crippen LogP contribution is 2.17. The molecule has 0 radical (unpaired) electrons. The van der Waals surface area contributed by atoms with Crippen molar-refractivity contribution in [1.82, 2.24) is 25.1 Å². The normalized spacial score (nSPS) is 10.3. The fraction of sp³-hybridized carbons (Fsp3) is 0.333. The average Bonchev–Trinajstić information content (AvgIpc) is 2.84. The third-order valence-corrected chi connectivity index (χ3v) is 2.97. The lowest BCUT2D eigenvalue weighted by Gasteiger charge is -2.08. The summed E-state index contributed by atoms with van der Waals surface area (Å²) in [5.74, 6) is 0.996. The van der Waals surface area contributed by atoms with E-state index in [9.17, 15) is 4.79 Å². The van der Waals surface area contributed by atoms with E-state index < -0.39 is 0 Å². The van der Waals surface area contributed by atoms with Gasteiger partial charge in [-0.25, -0.2) is 4.98 Å². The summed E-state index contributed by atoms with van der Waals surface area (Å²) in [4.78, 5) is 16.2. The summed E-state index contributed by atoms with van der Waals surface area (Å²) in [7, 11) is 1.81. The Morgan fingerprint density at radius 1 is 1.50 bits per heavy atom. The number of aryl methyl sites for hydroxylation is 1. The summed E-state index contributed by atoms with van der Waals surface area (Å²) >= 11 is 6.00. The molecule has 2 N–H and O–H groups in total. The van der Waals surface area contributed by atoms with E-state index in [4.69, 9.17) is 11.6 Å². The minimum absolute atomic E-state index is 0.278. The van der Waals surface area contributed by atoms with Gasteiger partial charge in [-0.3, -0.25) is 4.79 Å². The smallest absolute Gasteiger partial charge is 0.253 e. The van der Waals surface area contributed by atoms with Gasteiger partial charge in [0.15, 0.2) is 5.82 Å². The van der Waals surface area contributed by atoms with Crippen LogP contribution < -0.4 is 10.6 Å². The van der Waals surface area contributed by atoms with Crippen molar-refractivity contribution in [2.75, 3.05) is 11.9 Å². The summed E-state index contributed by atoms with van der Waals surface area (Å²) in [5.41, 5.74) is 0.375. The summed E-state index contributed by atoms with van der Waals surface area (Å²) < 4.78 is 1.73. The number of carbonyl (C=O) groups excluding carboxylic acids is 1. The van der Waals surface area contributed by atoms with E-state index in [0.29, 0.717) is 28.8 Å². The number of amides is 1. The molecule has 2 aromatic rings. The third-order valence-electron chi connectivity index (χ3n) is 2.67. The Kier molecular flexibility index (Phi) is 4.52. The third kappa shape index (κ3) is 3.24. The van der Waals surface area contributed by atoms with Crippen molar-refractivity contribution >= 4 is 23.3 Å². The number of rotatable bonds is 5. The number of hydrogen-bond donors (Lipinski definition) is 2. The van der Waals surface area contributed by atoms with Crippen LogP contribution in [-0.4, -0.2) is 32.2 Å². The van der Waals surface area contributed by atoms with Crippen molar-refractivity contribution < 1.29 is 4.79 Å². The van der Waals surface area contributed by atoms with Gasteiger partial charge in [-0.1, -0.05) is 11.6 Å². The minimum atomic E-state index is -0.278. The van der Waals surface area contributed by atoms with E-state index in [-0.39, 0.29) is 12.5 Å². The first-order valence-electron chi connectivity index (χ1n) is 6.12. The van der Waals surface area contributed by atoms with E-state index in [1.165, 1.54) is 6.20 Å². The van der Waals surface area contributed by atoms with Crippen LogP contribution in [0, 0.1) is 0 Å². The van der Waals surface area contributed by atoms with Crippen LogP contribution in [0.4, 0.5) is 5.82 Å². The Morgan fingerprint density at radius 2 is 2.30 bits per heavy atom. The molecule has 2 heterocycles. The molecule has 0 aliphatic rings. The van der Waals surface area contributed by atoms with E-state index >= 15 is 0 Å². The summed E-state index contributed by atoms with van der Waals surface area (Å²) in [6.45, 7) is 2.95. The predicted octanol–water partition coefficient (Wildman–Crippen LogP) is 1.23. The standard InChI is InChI=1S/C12H15ClN6O/c1-3-14-10-4-8(9(13)5-15-10)12(20)16-6-11-18-17-7-19(11)2/h4-5,7H,3,6H2,1-2H3,(H,14,15)(H,16,20). The van der Waals surface area contributed by atoms with Gasteiger partial charge in [0.1, 0.15) is 12.1 Å². The monoisotopic (exact) mass is 294 g/mol. The lowest BCUT2D eigenvalue weighted by molar-refractivity contribution is 0.0949. The number of hydrogen-bond acceptors (Lipinski definition) is 5. The number of nitrogens with zero attached hydrogens (tertiary/aromatic N) is 4. The lowest BCUT2D eigenvalue weighted by Crippen LogP contribution is -2.25. The molecular formula is C12H15ClN6O. The molecule has 0 fully saturated rings. The lowest BCUT2D eigenvalue weighted by atomic mass is 10.2. The molecule has 0 bridgehead atoms. The van der Waals surface area contributed by atoms with Gasteiger partial charge < -0.3 is 15.2 Å². The highest BCUT2D eigenvalue weighted by Gasteiger charge is 2.12. The Balaban J connectivity index is 2.08. The first-order chi connectivity index (χ1) is 9.61. The molecule has 0 aliphatic heterocycles. The zero-order chi connectivity index (χ0) is 14.5. The van der Waals surface area contributed by atoms with Gasteiger partial charge in [0.05, 0.1) is 17.1 Å². The first-order valence-corrected chi connectivity index (χ1v) is 6.50. The second kappa shape index (κ2) is 6.33. The van der Waals surface area contributed by atoms with Crippen LogP contribution in [0.1, 0.15) is 23.1 Å². The van der Waals surface area contributed by atoms with E-state index in [0.717, 1.165) is 0 Å². The van der Waals surface area contributed by atoms with Gasteiger partial charge in [-0.15, -0.1) is 10.2 Å². The van der Waals surface area contributed by atoms with E-state index in [1.54, 1.807) is 17.0 Å². The maximum absolute atomic E-state index is 12.1. The number of aromatic nitrogens is 4. The maximum Gasteiger partial charge on any atom is 0.253 e. The second-order valence-electron chi connectivity index (χ2n) is 4.12. The highest BCUT2D eigenvalue weighted by atomic mass is 35.5. The van der Waals surface area contributed by atoms with Gasteiger partial charge >= 0.3 is 0 Å². The van der Waals surface area contributed by atoms with Crippen LogP contribution in [0.5, 0.6) is 0 Å². The molecule has 2 rings (SSSR count). The van der Waals surface area contributed by atoms with Crippen molar-refractivity contribution in [2.24, 2.45) is 7.05 Å². The minimum Gasteiger partial charge on any atom is -0.370 e. The summed E-state index contributed by atoms with van der Waals surface area (Å²) in [6.07, 6.45) is 3.03.